The van der Waals surface area contributed by atoms with Gasteiger partial charge in [-0.3, -0.25) is 4.79 Å². The number of amides is 1. The van der Waals surface area contributed by atoms with Crippen molar-refractivity contribution in [3.63, 3.8) is 0 Å². The van der Waals surface area contributed by atoms with Gasteiger partial charge in [0.15, 0.2) is 5.82 Å². The van der Waals surface area contributed by atoms with Gasteiger partial charge in [0.1, 0.15) is 6.04 Å². The summed E-state index contributed by atoms with van der Waals surface area (Å²) in [6, 6.07) is 1.75. The number of halogens is 1. The Morgan fingerprint density at radius 2 is 2.50 bits per heavy atom. The molecule has 0 radical (unpaired) electrons. The van der Waals surface area contributed by atoms with Crippen molar-refractivity contribution >= 4 is 33.3 Å². The number of carbonyl (C=O) groups is 1. The Balaban J connectivity index is 2.07. The van der Waals surface area contributed by atoms with E-state index >= 15 is 0 Å². The molecule has 0 aliphatic carbocycles. The molecule has 1 aromatic rings. The molecule has 6 heteroatoms. The maximum Gasteiger partial charge on any atom is 0.250 e. The summed E-state index contributed by atoms with van der Waals surface area (Å²) < 4.78 is 6.23. The van der Waals surface area contributed by atoms with Crippen LogP contribution in [0.15, 0.2) is 16.7 Å². The standard InChI is InChI=1S/C10H10BrN3O2/c11-6-3-7-9(12-4-6)13-10(15)8-5-16-2-1-14(7)8/h3-4,8H,1-2,5H2,(H,12,13,15). The minimum Gasteiger partial charge on any atom is -0.377 e. The lowest BCUT2D eigenvalue weighted by atomic mass is 10.1. The number of hydrogen-bond acceptors (Lipinski definition) is 4. The van der Waals surface area contributed by atoms with Gasteiger partial charge in [-0.15, -0.1) is 0 Å². The van der Waals surface area contributed by atoms with Gasteiger partial charge in [0.2, 0.25) is 0 Å². The summed E-state index contributed by atoms with van der Waals surface area (Å²) in [5.41, 5.74) is 0.960. The molecule has 0 aromatic carbocycles. The molecule has 3 heterocycles. The maximum atomic E-state index is 11.8. The highest BCUT2D eigenvalue weighted by atomic mass is 79.9. The monoisotopic (exact) mass is 283 g/mol. The Hall–Kier alpha value is -1.14. The van der Waals surface area contributed by atoms with E-state index in [0.717, 1.165) is 16.7 Å². The Morgan fingerprint density at radius 3 is 3.38 bits per heavy atom. The summed E-state index contributed by atoms with van der Waals surface area (Å²) in [6.07, 6.45) is 1.68. The van der Waals surface area contributed by atoms with Crippen molar-refractivity contribution < 1.29 is 9.53 Å². The van der Waals surface area contributed by atoms with Gasteiger partial charge < -0.3 is 15.0 Å². The minimum absolute atomic E-state index is 0.0398. The van der Waals surface area contributed by atoms with Crippen LogP contribution >= 0.6 is 15.9 Å². The fourth-order valence-electron chi connectivity index (χ4n) is 2.05. The smallest absolute Gasteiger partial charge is 0.250 e. The van der Waals surface area contributed by atoms with Gasteiger partial charge in [-0.1, -0.05) is 0 Å². The second-order valence-corrected chi connectivity index (χ2v) is 4.71. The SMILES string of the molecule is O=C1Nc2ncc(Br)cc2N2CCOCC12. The van der Waals surface area contributed by atoms with Crippen LogP contribution in [-0.4, -0.2) is 36.7 Å². The lowest BCUT2D eigenvalue weighted by Gasteiger charge is -2.40. The van der Waals surface area contributed by atoms with E-state index in [1.165, 1.54) is 0 Å². The van der Waals surface area contributed by atoms with Crippen molar-refractivity contribution in [2.24, 2.45) is 0 Å². The van der Waals surface area contributed by atoms with Crippen LogP contribution in [0.3, 0.4) is 0 Å². The molecule has 0 bridgehead atoms. The summed E-state index contributed by atoms with van der Waals surface area (Å²) in [5, 5.41) is 2.79. The number of ether oxygens (including phenoxy) is 1. The second kappa shape index (κ2) is 3.71. The number of morpholine rings is 1. The molecule has 1 unspecified atom stereocenters. The third-order valence-electron chi connectivity index (χ3n) is 2.82. The molecule has 0 saturated carbocycles. The molecule has 16 heavy (non-hydrogen) atoms. The third kappa shape index (κ3) is 1.49. The Bertz CT molecular complexity index is 452. The summed E-state index contributed by atoms with van der Waals surface area (Å²) in [6.45, 7) is 1.82. The van der Waals surface area contributed by atoms with Crippen molar-refractivity contribution in [3.8, 4) is 0 Å². The van der Waals surface area contributed by atoms with Gasteiger partial charge in [0.25, 0.3) is 5.91 Å². The Labute approximate surface area is 101 Å². The normalized spacial score (nSPS) is 23.4. The van der Waals surface area contributed by atoms with E-state index in [1.807, 2.05) is 6.07 Å². The molecule has 2 aliphatic rings. The lowest BCUT2D eigenvalue weighted by Crippen LogP contribution is -2.55. The van der Waals surface area contributed by atoms with E-state index in [4.69, 9.17) is 4.74 Å². The number of aromatic nitrogens is 1. The van der Waals surface area contributed by atoms with Crippen LogP contribution in [0.2, 0.25) is 0 Å². The fraction of sp³-hybridized carbons (Fsp3) is 0.400. The first kappa shape index (κ1) is 10.0. The van der Waals surface area contributed by atoms with Gasteiger partial charge in [-0.05, 0) is 22.0 Å². The van der Waals surface area contributed by atoms with Gasteiger partial charge in [0, 0.05) is 17.2 Å². The molecule has 1 amide bonds. The van der Waals surface area contributed by atoms with Crippen LogP contribution in [-0.2, 0) is 9.53 Å². The zero-order valence-corrected chi connectivity index (χ0v) is 10.0. The quantitative estimate of drug-likeness (QED) is 0.772. The number of hydrogen-bond donors (Lipinski definition) is 1. The number of anilines is 2. The average Bonchev–Trinajstić information content (AvgIpc) is 2.31. The third-order valence-corrected chi connectivity index (χ3v) is 3.25. The fourth-order valence-corrected chi connectivity index (χ4v) is 2.37. The molecule has 1 aromatic heterocycles. The molecule has 5 nitrogen and oxygen atoms in total. The van der Waals surface area contributed by atoms with Gasteiger partial charge in [0.05, 0.1) is 18.9 Å². The first-order valence-electron chi connectivity index (χ1n) is 5.06. The molecule has 1 atom stereocenters. The molecular formula is C10H10BrN3O2. The molecule has 1 N–H and O–H groups in total. The van der Waals surface area contributed by atoms with Gasteiger partial charge in [-0.25, -0.2) is 4.98 Å². The Morgan fingerprint density at radius 1 is 1.62 bits per heavy atom. The van der Waals surface area contributed by atoms with Crippen molar-refractivity contribution in [1.29, 1.82) is 0 Å². The topological polar surface area (TPSA) is 54.5 Å². The highest BCUT2D eigenvalue weighted by Gasteiger charge is 2.35. The van der Waals surface area contributed by atoms with E-state index in [1.54, 1.807) is 6.20 Å². The van der Waals surface area contributed by atoms with Crippen LogP contribution in [0.4, 0.5) is 11.5 Å². The molecule has 2 aliphatic heterocycles. The van der Waals surface area contributed by atoms with Crippen LogP contribution < -0.4 is 10.2 Å². The molecular weight excluding hydrogens is 274 g/mol. The first-order valence-corrected chi connectivity index (χ1v) is 5.86. The highest BCUT2D eigenvalue weighted by molar-refractivity contribution is 9.10. The first-order chi connectivity index (χ1) is 7.75. The van der Waals surface area contributed by atoms with E-state index < -0.39 is 0 Å². The van der Waals surface area contributed by atoms with Crippen molar-refractivity contribution in [1.82, 2.24) is 4.98 Å². The van der Waals surface area contributed by atoms with Crippen molar-refractivity contribution in [3.05, 3.63) is 16.7 Å². The van der Waals surface area contributed by atoms with Crippen LogP contribution in [0, 0.1) is 0 Å². The van der Waals surface area contributed by atoms with E-state index in [0.29, 0.717) is 19.0 Å². The Kier molecular flexibility index (Phi) is 2.33. The van der Waals surface area contributed by atoms with Crippen LogP contribution in [0.1, 0.15) is 0 Å². The molecule has 84 valence electrons. The summed E-state index contributed by atoms with van der Waals surface area (Å²) in [4.78, 5) is 18.0. The second-order valence-electron chi connectivity index (χ2n) is 3.79. The number of rotatable bonds is 0. The van der Waals surface area contributed by atoms with Crippen LogP contribution in [0.25, 0.3) is 0 Å². The summed E-state index contributed by atoms with van der Waals surface area (Å²) in [7, 11) is 0. The number of carbonyl (C=O) groups excluding carboxylic acids is 1. The van der Waals surface area contributed by atoms with Crippen molar-refractivity contribution in [2.75, 3.05) is 30.0 Å². The highest BCUT2D eigenvalue weighted by Crippen LogP contribution is 2.33. The zero-order valence-electron chi connectivity index (χ0n) is 8.44. The number of nitrogens with one attached hydrogen (secondary N) is 1. The molecule has 0 spiro atoms. The van der Waals surface area contributed by atoms with Crippen LogP contribution in [0.5, 0.6) is 0 Å². The predicted molar refractivity (Wildman–Crippen MR) is 62.5 cm³/mol. The van der Waals surface area contributed by atoms with Gasteiger partial charge in [-0.2, -0.15) is 0 Å². The number of nitrogens with zero attached hydrogens (tertiary/aromatic N) is 2. The van der Waals surface area contributed by atoms with E-state index in [9.17, 15) is 4.79 Å². The zero-order chi connectivity index (χ0) is 11.1. The summed E-state index contributed by atoms with van der Waals surface area (Å²) in [5.74, 6) is 0.591. The largest absolute Gasteiger partial charge is 0.377 e. The number of fused-ring (bicyclic) bond motifs is 3. The minimum atomic E-state index is -0.225. The van der Waals surface area contributed by atoms with Gasteiger partial charge >= 0.3 is 0 Å². The van der Waals surface area contributed by atoms with E-state index in [2.05, 4.69) is 31.1 Å². The lowest BCUT2D eigenvalue weighted by molar-refractivity contribution is -0.120. The average molecular weight is 284 g/mol. The summed E-state index contributed by atoms with van der Waals surface area (Å²) >= 11 is 3.39. The molecule has 3 rings (SSSR count). The predicted octanol–water partition coefficient (Wildman–Crippen LogP) is 1.00. The maximum absolute atomic E-state index is 11.8. The number of pyridine rings is 1. The van der Waals surface area contributed by atoms with Crippen molar-refractivity contribution in [2.45, 2.75) is 6.04 Å². The molecule has 1 saturated heterocycles. The molecule has 1 fully saturated rings. The van der Waals surface area contributed by atoms with E-state index in [-0.39, 0.29) is 11.9 Å².